The van der Waals surface area contributed by atoms with Crippen molar-refractivity contribution in [3.63, 3.8) is 0 Å². The van der Waals surface area contributed by atoms with Crippen LogP contribution in [0.3, 0.4) is 0 Å². The number of hydrogen-bond donors (Lipinski definition) is 0. The second-order valence-corrected chi connectivity index (χ2v) is 4.71. The van der Waals surface area contributed by atoms with E-state index in [0.29, 0.717) is 5.88 Å². The van der Waals surface area contributed by atoms with Crippen LogP contribution in [0.1, 0.15) is 5.82 Å². The fourth-order valence-electron chi connectivity index (χ4n) is 2.51. The number of para-hydroxylation sites is 3. The molecule has 0 saturated carbocycles. The van der Waals surface area contributed by atoms with E-state index in [1.807, 2.05) is 52.9 Å². The third-order valence-corrected chi connectivity index (χ3v) is 3.57. The molecule has 0 spiro atoms. The lowest BCUT2D eigenvalue weighted by molar-refractivity contribution is 1.02. The van der Waals surface area contributed by atoms with Crippen LogP contribution >= 0.6 is 11.6 Å². The molecule has 0 aliphatic heterocycles. The smallest absolute Gasteiger partial charge is 0.148 e. The van der Waals surface area contributed by atoms with Gasteiger partial charge in [-0.1, -0.05) is 24.3 Å². The Morgan fingerprint density at radius 3 is 2.47 bits per heavy atom. The summed E-state index contributed by atoms with van der Waals surface area (Å²) < 4.78 is 2.05. The van der Waals surface area contributed by atoms with Gasteiger partial charge in [-0.25, -0.2) is 9.97 Å². The number of alkyl halides is 1. The highest BCUT2D eigenvalue weighted by atomic mass is 35.5. The highest BCUT2D eigenvalue weighted by Gasteiger charge is 2.12. The maximum absolute atomic E-state index is 6.05. The van der Waals surface area contributed by atoms with E-state index in [9.17, 15) is 0 Å². The molecular formula is C15H10ClN3. The van der Waals surface area contributed by atoms with Gasteiger partial charge in [-0.2, -0.15) is 0 Å². The van der Waals surface area contributed by atoms with Crippen LogP contribution in [0.25, 0.3) is 27.6 Å². The summed E-state index contributed by atoms with van der Waals surface area (Å²) >= 11 is 6.05. The van der Waals surface area contributed by atoms with Crippen LogP contribution in [0.2, 0.25) is 0 Å². The minimum absolute atomic E-state index is 0.363. The van der Waals surface area contributed by atoms with Crippen molar-refractivity contribution in [3.05, 3.63) is 54.4 Å². The summed E-state index contributed by atoms with van der Waals surface area (Å²) in [6, 6.07) is 16.1. The van der Waals surface area contributed by atoms with Crippen molar-refractivity contribution >= 4 is 39.2 Å². The average molecular weight is 268 g/mol. The first kappa shape index (κ1) is 10.8. The Bertz CT molecular complexity index is 911. The molecule has 0 radical (unpaired) electrons. The molecule has 0 aliphatic carbocycles. The van der Waals surface area contributed by atoms with E-state index in [2.05, 4.69) is 4.98 Å². The molecular weight excluding hydrogens is 258 g/mol. The van der Waals surface area contributed by atoms with Gasteiger partial charge in [0.15, 0.2) is 0 Å². The Morgan fingerprint density at radius 2 is 1.63 bits per heavy atom. The Hall–Kier alpha value is -2.13. The molecule has 2 aromatic heterocycles. The predicted molar refractivity (Wildman–Crippen MR) is 77.6 cm³/mol. The van der Waals surface area contributed by atoms with Crippen LogP contribution in [0, 0.1) is 0 Å². The van der Waals surface area contributed by atoms with Crippen molar-refractivity contribution in [3.8, 4) is 0 Å². The molecule has 4 rings (SSSR count). The summed E-state index contributed by atoms with van der Waals surface area (Å²) in [4.78, 5) is 9.35. The fourth-order valence-corrected chi connectivity index (χ4v) is 2.69. The van der Waals surface area contributed by atoms with Crippen molar-refractivity contribution in [1.29, 1.82) is 0 Å². The number of fused-ring (bicyclic) bond motifs is 5. The average Bonchev–Trinajstić information content (AvgIpc) is 2.86. The molecule has 92 valence electrons. The van der Waals surface area contributed by atoms with Gasteiger partial charge in [0.1, 0.15) is 11.5 Å². The predicted octanol–water partition coefficient (Wildman–Crippen LogP) is 3.77. The van der Waals surface area contributed by atoms with E-state index in [1.54, 1.807) is 0 Å². The first-order valence-electron chi connectivity index (χ1n) is 6.09. The monoisotopic (exact) mass is 267 g/mol. The molecule has 0 aliphatic rings. The third-order valence-electron chi connectivity index (χ3n) is 3.33. The van der Waals surface area contributed by atoms with Crippen molar-refractivity contribution in [2.24, 2.45) is 0 Å². The molecule has 0 N–H and O–H groups in total. The van der Waals surface area contributed by atoms with Crippen molar-refractivity contribution in [1.82, 2.24) is 14.4 Å². The normalized spacial score (nSPS) is 11.6. The van der Waals surface area contributed by atoms with E-state index in [-0.39, 0.29) is 0 Å². The maximum atomic E-state index is 6.05. The van der Waals surface area contributed by atoms with Gasteiger partial charge in [0, 0.05) is 5.39 Å². The molecule has 0 bridgehead atoms. The van der Waals surface area contributed by atoms with Crippen molar-refractivity contribution < 1.29 is 0 Å². The van der Waals surface area contributed by atoms with E-state index in [1.165, 1.54) is 0 Å². The molecule has 0 atom stereocenters. The zero-order chi connectivity index (χ0) is 12.8. The molecule has 19 heavy (non-hydrogen) atoms. The second-order valence-electron chi connectivity index (χ2n) is 4.44. The van der Waals surface area contributed by atoms with Crippen LogP contribution in [-0.2, 0) is 5.88 Å². The summed E-state index contributed by atoms with van der Waals surface area (Å²) in [7, 11) is 0. The molecule has 4 aromatic rings. The Morgan fingerprint density at radius 1 is 0.895 bits per heavy atom. The summed E-state index contributed by atoms with van der Waals surface area (Å²) in [5.74, 6) is 1.19. The van der Waals surface area contributed by atoms with Gasteiger partial charge in [0.05, 0.1) is 22.4 Å². The lowest BCUT2D eigenvalue weighted by atomic mass is 10.2. The summed E-state index contributed by atoms with van der Waals surface area (Å²) in [6.07, 6.45) is 0. The minimum Gasteiger partial charge on any atom is -0.279 e. The van der Waals surface area contributed by atoms with Crippen LogP contribution in [-0.4, -0.2) is 14.4 Å². The number of halogens is 1. The van der Waals surface area contributed by atoms with Gasteiger partial charge < -0.3 is 0 Å². The van der Waals surface area contributed by atoms with Crippen molar-refractivity contribution in [2.45, 2.75) is 5.88 Å². The largest absolute Gasteiger partial charge is 0.279 e. The number of imidazole rings is 1. The van der Waals surface area contributed by atoms with E-state index in [0.717, 1.165) is 33.4 Å². The quantitative estimate of drug-likeness (QED) is 0.491. The Labute approximate surface area is 114 Å². The minimum atomic E-state index is 0.363. The molecule has 4 heteroatoms. The number of nitrogens with zero attached hydrogens (tertiary/aromatic N) is 3. The second kappa shape index (κ2) is 3.93. The van der Waals surface area contributed by atoms with Gasteiger partial charge in [0.25, 0.3) is 0 Å². The lowest BCUT2D eigenvalue weighted by Gasteiger charge is -2.05. The van der Waals surface area contributed by atoms with Crippen LogP contribution in [0.5, 0.6) is 0 Å². The lowest BCUT2D eigenvalue weighted by Crippen LogP contribution is -1.99. The SMILES string of the molecule is ClCc1nc2ccccc2c2nc3ccccc3n12. The molecule has 2 heterocycles. The zero-order valence-corrected chi connectivity index (χ0v) is 10.8. The van der Waals surface area contributed by atoms with Gasteiger partial charge >= 0.3 is 0 Å². The third kappa shape index (κ3) is 1.45. The first-order chi connectivity index (χ1) is 9.38. The van der Waals surface area contributed by atoms with E-state index < -0.39 is 0 Å². The van der Waals surface area contributed by atoms with Gasteiger partial charge in [-0.15, -0.1) is 11.6 Å². The van der Waals surface area contributed by atoms with Crippen molar-refractivity contribution in [2.75, 3.05) is 0 Å². The summed E-state index contributed by atoms with van der Waals surface area (Å²) in [5.41, 5.74) is 3.86. The van der Waals surface area contributed by atoms with Crippen LogP contribution in [0.15, 0.2) is 48.5 Å². The van der Waals surface area contributed by atoms with Crippen LogP contribution < -0.4 is 0 Å². The zero-order valence-electron chi connectivity index (χ0n) is 10.0. The molecule has 3 nitrogen and oxygen atoms in total. The summed E-state index contributed by atoms with van der Waals surface area (Å²) in [6.45, 7) is 0. The maximum Gasteiger partial charge on any atom is 0.148 e. The molecule has 0 saturated heterocycles. The highest BCUT2D eigenvalue weighted by molar-refractivity contribution is 6.17. The Balaban J connectivity index is 2.34. The number of benzene rings is 2. The standard InChI is InChI=1S/C15H10ClN3/c16-9-14-17-11-6-2-1-5-10(11)15-18-12-7-3-4-8-13(12)19(14)15/h1-8H,9H2. The molecule has 0 fully saturated rings. The molecule has 2 aromatic carbocycles. The fraction of sp³-hybridized carbons (Fsp3) is 0.0667. The first-order valence-corrected chi connectivity index (χ1v) is 6.63. The number of hydrogen-bond acceptors (Lipinski definition) is 2. The van der Waals surface area contributed by atoms with Crippen LogP contribution in [0.4, 0.5) is 0 Å². The molecule has 0 amide bonds. The topological polar surface area (TPSA) is 30.2 Å². The number of aromatic nitrogens is 3. The van der Waals surface area contributed by atoms with Gasteiger partial charge in [-0.3, -0.25) is 4.40 Å². The highest BCUT2D eigenvalue weighted by Crippen LogP contribution is 2.24. The van der Waals surface area contributed by atoms with E-state index >= 15 is 0 Å². The Kier molecular flexibility index (Phi) is 2.23. The summed E-state index contributed by atoms with van der Waals surface area (Å²) in [5, 5.41) is 1.05. The van der Waals surface area contributed by atoms with Gasteiger partial charge in [-0.05, 0) is 24.3 Å². The number of rotatable bonds is 1. The molecule has 0 unspecified atom stereocenters. The van der Waals surface area contributed by atoms with Gasteiger partial charge in [0.2, 0.25) is 0 Å². The van der Waals surface area contributed by atoms with E-state index in [4.69, 9.17) is 16.6 Å².